The van der Waals surface area contributed by atoms with Crippen LogP contribution in [0.1, 0.15) is 43.9 Å². The number of ether oxygens (including phenoxy) is 1. The molecule has 3 aliphatic heterocycles. The van der Waals surface area contributed by atoms with E-state index >= 15 is 0 Å². The van der Waals surface area contributed by atoms with Crippen molar-refractivity contribution >= 4 is 17.4 Å². The first-order chi connectivity index (χ1) is 16.9. The Morgan fingerprint density at radius 3 is 2.71 bits per heavy atom. The highest BCUT2D eigenvalue weighted by atomic mass is 16.5. The number of nitrogens with zero attached hydrogens (tertiary/aromatic N) is 4. The smallest absolute Gasteiger partial charge is 0.219 e. The maximum Gasteiger partial charge on any atom is 0.219 e. The van der Waals surface area contributed by atoms with Crippen molar-refractivity contribution in [1.29, 1.82) is 5.41 Å². The summed E-state index contributed by atoms with van der Waals surface area (Å²) in [5.74, 6) is 0.577. The third-order valence-electron chi connectivity index (χ3n) is 7.69. The fourth-order valence-corrected chi connectivity index (χ4v) is 5.44. The van der Waals surface area contributed by atoms with E-state index in [0.29, 0.717) is 25.0 Å². The molecule has 8 nitrogen and oxygen atoms in total. The van der Waals surface area contributed by atoms with Gasteiger partial charge in [-0.3, -0.25) is 14.9 Å². The molecule has 2 N–H and O–H groups in total. The SMILES string of the molecule is CC(=O)N1CCC(NC2CCOCC2)=C(C(=N)N2CCCc3cc(-c4cnn(C)c4C)ccc32)C1. The van der Waals surface area contributed by atoms with Gasteiger partial charge in [0.15, 0.2) is 0 Å². The van der Waals surface area contributed by atoms with Gasteiger partial charge in [-0.25, -0.2) is 0 Å². The number of benzene rings is 1. The predicted molar refractivity (Wildman–Crippen MR) is 138 cm³/mol. The van der Waals surface area contributed by atoms with Crippen molar-refractivity contribution in [2.75, 3.05) is 37.7 Å². The molecule has 4 heterocycles. The summed E-state index contributed by atoms with van der Waals surface area (Å²) in [6.45, 7) is 7.25. The second-order valence-electron chi connectivity index (χ2n) is 9.89. The van der Waals surface area contributed by atoms with Gasteiger partial charge in [0.25, 0.3) is 0 Å². The zero-order chi connectivity index (χ0) is 24.5. The third kappa shape index (κ3) is 4.72. The summed E-state index contributed by atoms with van der Waals surface area (Å²) in [5.41, 5.74) is 7.89. The van der Waals surface area contributed by atoms with Crippen LogP contribution in [0.5, 0.6) is 0 Å². The summed E-state index contributed by atoms with van der Waals surface area (Å²) in [7, 11) is 1.97. The molecule has 1 aromatic heterocycles. The van der Waals surface area contributed by atoms with Crippen LogP contribution in [0.3, 0.4) is 0 Å². The van der Waals surface area contributed by atoms with E-state index in [9.17, 15) is 10.2 Å². The largest absolute Gasteiger partial charge is 0.385 e. The number of rotatable bonds is 4. The van der Waals surface area contributed by atoms with Crippen LogP contribution in [0, 0.1) is 12.3 Å². The number of aromatic nitrogens is 2. The lowest BCUT2D eigenvalue weighted by Gasteiger charge is -2.38. The Kier molecular flexibility index (Phi) is 6.65. The van der Waals surface area contributed by atoms with E-state index in [1.165, 1.54) is 11.1 Å². The Labute approximate surface area is 207 Å². The number of nitrogens with one attached hydrogen (secondary N) is 2. The molecular weight excluding hydrogens is 440 g/mol. The summed E-state index contributed by atoms with van der Waals surface area (Å²) in [6.07, 6.45) is 6.63. The standard InChI is InChI=1S/C27H36N6O2/c1-18-23(16-29-31(18)3)20-6-7-26-21(15-20)5-4-11-33(26)27(28)24-17-32(19(2)34)12-8-25(24)30-22-9-13-35-14-10-22/h6-7,15-16,22,28,30H,4-5,8-14,17H2,1-3H3. The van der Waals surface area contributed by atoms with Crippen LogP contribution >= 0.6 is 0 Å². The minimum absolute atomic E-state index is 0.0657. The molecule has 0 unspecified atom stereocenters. The molecule has 3 aliphatic rings. The van der Waals surface area contributed by atoms with Crippen molar-refractivity contribution in [2.45, 2.75) is 52.0 Å². The van der Waals surface area contributed by atoms with Gasteiger partial charge in [0.1, 0.15) is 5.84 Å². The lowest BCUT2D eigenvalue weighted by atomic mass is 9.94. The second kappa shape index (κ2) is 9.85. The fourth-order valence-electron chi connectivity index (χ4n) is 5.44. The summed E-state index contributed by atoms with van der Waals surface area (Å²) >= 11 is 0. The molecule has 8 heteroatoms. The summed E-state index contributed by atoms with van der Waals surface area (Å²) < 4.78 is 7.43. The third-order valence-corrected chi connectivity index (χ3v) is 7.69. The summed E-state index contributed by atoms with van der Waals surface area (Å²) in [4.78, 5) is 16.2. The van der Waals surface area contributed by atoms with Crippen molar-refractivity contribution < 1.29 is 9.53 Å². The highest BCUT2D eigenvalue weighted by Gasteiger charge is 2.30. The predicted octanol–water partition coefficient (Wildman–Crippen LogP) is 3.40. The highest BCUT2D eigenvalue weighted by Crippen LogP contribution is 2.34. The van der Waals surface area contributed by atoms with Crippen LogP contribution in [0.4, 0.5) is 5.69 Å². The van der Waals surface area contributed by atoms with Crippen LogP contribution in [0.2, 0.25) is 0 Å². The summed E-state index contributed by atoms with van der Waals surface area (Å²) in [5, 5.41) is 17.4. The normalized spacial score (nSPS) is 19.1. The molecule has 0 spiro atoms. The van der Waals surface area contributed by atoms with Gasteiger partial charge in [0, 0.05) is 81.0 Å². The first kappa shape index (κ1) is 23.6. The van der Waals surface area contributed by atoms with E-state index in [-0.39, 0.29) is 5.91 Å². The number of hydrogen-bond donors (Lipinski definition) is 2. The molecule has 1 amide bonds. The van der Waals surface area contributed by atoms with Gasteiger partial charge < -0.3 is 19.9 Å². The Bertz CT molecular complexity index is 1160. The van der Waals surface area contributed by atoms with E-state index in [4.69, 9.17) is 4.74 Å². The number of amidine groups is 1. The molecule has 186 valence electrons. The van der Waals surface area contributed by atoms with Gasteiger partial charge in [0.05, 0.1) is 12.7 Å². The molecule has 0 atom stereocenters. The number of anilines is 1. The zero-order valence-electron chi connectivity index (χ0n) is 21.1. The van der Waals surface area contributed by atoms with Crippen LogP contribution in [0.15, 0.2) is 35.7 Å². The number of carbonyl (C=O) groups is 1. The van der Waals surface area contributed by atoms with E-state index in [1.54, 1.807) is 6.92 Å². The first-order valence-corrected chi connectivity index (χ1v) is 12.7. The monoisotopic (exact) mass is 476 g/mol. The molecular formula is C27H36N6O2. The maximum absolute atomic E-state index is 12.2. The van der Waals surface area contributed by atoms with Gasteiger partial charge in [0.2, 0.25) is 5.91 Å². The lowest BCUT2D eigenvalue weighted by molar-refractivity contribution is -0.128. The van der Waals surface area contributed by atoms with Crippen LogP contribution in [-0.2, 0) is 23.0 Å². The number of amides is 1. The Morgan fingerprint density at radius 2 is 2.00 bits per heavy atom. The van der Waals surface area contributed by atoms with Crippen molar-refractivity contribution in [1.82, 2.24) is 20.0 Å². The van der Waals surface area contributed by atoms with Crippen molar-refractivity contribution in [3.05, 3.63) is 46.9 Å². The molecule has 0 radical (unpaired) electrons. The number of fused-ring (bicyclic) bond motifs is 1. The Morgan fingerprint density at radius 1 is 1.20 bits per heavy atom. The molecule has 2 aromatic rings. The molecule has 1 saturated heterocycles. The second-order valence-corrected chi connectivity index (χ2v) is 9.89. The zero-order valence-corrected chi connectivity index (χ0v) is 21.1. The Balaban J connectivity index is 1.45. The van der Waals surface area contributed by atoms with Crippen LogP contribution < -0.4 is 10.2 Å². The van der Waals surface area contributed by atoms with Gasteiger partial charge in [-0.15, -0.1) is 0 Å². The quantitative estimate of drug-likeness (QED) is 0.522. The Hall–Kier alpha value is -3.13. The van der Waals surface area contributed by atoms with Gasteiger partial charge in [-0.2, -0.15) is 5.10 Å². The van der Waals surface area contributed by atoms with E-state index in [2.05, 4.69) is 40.4 Å². The average Bonchev–Trinajstić information content (AvgIpc) is 3.21. The number of carbonyl (C=O) groups excluding carboxylic acids is 1. The molecule has 1 fully saturated rings. The lowest BCUT2D eigenvalue weighted by Crippen LogP contribution is -2.46. The average molecular weight is 477 g/mol. The highest BCUT2D eigenvalue weighted by molar-refractivity contribution is 6.09. The van der Waals surface area contributed by atoms with Gasteiger partial charge in [-0.05, 0) is 55.9 Å². The molecule has 5 rings (SSSR count). The summed E-state index contributed by atoms with van der Waals surface area (Å²) in [6, 6.07) is 6.93. The fraction of sp³-hybridized carbons (Fsp3) is 0.519. The molecule has 0 bridgehead atoms. The van der Waals surface area contributed by atoms with Gasteiger partial charge >= 0.3 is 0 Å². The van der Waals surface area contributed by atoms with Gasteiger partial charge in [-0.1, -0.05) is 6.07 Å². The van der Waals surface area contributed by atoms with Crippen molar-refractivity contribution in [2.24, 2.45) is 7.05 Å². The minimum Gasteiger partial charge on any atom is -0.385 e. The van der Waals surface area contributed by atoms with E-state index in [1.807, 2.05) is 22.8 Å². The molecule has 0 aliphatic carbocycles. The molecule has 1 aromatic carbocycles. The van der Waals surface area contributed by atoms with Crippen LogP contribution in [-0.4, -0.2) is 65.3 Å². The van der Waals surface area contributed by atoms with Crippen molar-refractivity contribution in [3.63, 3.8) is 0 Å². The topological polar surface area (TPSA) is 86.5 Å². The number of aryl methyl sites for hydroxylation is 2. The molecule has 35 heavy (non-hydrogen) atoms. The van der Waals surface area contributed by atoms with Crippen LogP contribution in [0.25, 0.3) is 11.1 Å². The minimum atomic E-state index is 0.0657. The number of hydrogen-bond acceptors (Lipinski definition) is 5. The maximum atomic E-state index is 12.2. The molecule has 0 saturated carbocycles. The van der Waals surface area contributed by atoms with E-state index in [0.717, 1.165) is 80.1 Å². The van der Waals surface area contributed by atoms with Crippen molar-refractivity contribution in [3.8, 4) is 11.1 Å². The van der Waals surface area contributed by atoms with E-state index < -0.39 is 0 Å². The first-order valence-electron chi connectivity index (χ1n) is 12.7.